The average molecular weight is 275 g/mol. The van der Waals surface area contributed by atoms with E-state index in [1.165, 1.54) is 0 Å². The van der Waals surface area contributed by atoms with Crippen molar-refractivity contribution in [3.05, 3.63) is 11.9 Å². The molecule has 6 nitrogen and oxygen atoms in total. The topological polar surface area (TPSA) is 70.2 Å². The van der Waals surface area contributed by atoms with E-state index in [4.69, 9.17) is 0 Å². The Morgan fingerprint density at radius 3 is 3.05 bits per heavy atom. The van der Waals surface area contributed by atoms with Crippen molar-refractivity contribution in [2.45, 2.75) is 32.2 Å². The van der Waals surface area contributed by atoms with Gasteiger partial charge in [-0.1, -0.05) is 0 Å². The predicted octanol–water partition coefficient (Wildman–Crippen LogP) is 0.932. The van der Waals surface area contributed by atoms with Crippen molar-refractivity contribution in [3.8, 4) is 0 Å². The number of nitrogens with zero attached hydrogens (tertiary/aromatic N) is 3. The Morgan fingerprint density at radius 1 is 1.40 bits per heavy atom. The third-order valence-corrected chi connectivity index (χ3v) is 4.42. The quantitative estimate of drug-likeness (QED) is 0.840. The number of nitrogens with one attached hydrogen (secondary N) is 2. The fourth-order valence-electron chi connectivity index (χ4n) is 3.31. The second kappa shape index (κ2) is 5.26. The minimum Gasteiger partial charge on any atom is -0.373 e. The van der Waals surface area contributed by atoms with Crippen LogP contribution in [0.3, 0.4) is 0 Å². The van der Waals surface area contributed by atoms with Crippen LogP contribution < -0.4 is 15.5 Å². The average Bonchev–Trinajstić information content (AvgIpc) is 2.47. The van der Waals surface area contributed by atoms with Crippen molar-refractivity contribution in [1.82, 2.24) is 15.3 Å². The van der Waals surface area contributed by atoms with Gasteiger partial charge < -0.3 is 15.5 Å². The van der Waals surface area contributed by atoms with Gasteiger partial charge in [-0.25, -0.2) is 9.97 Å². The van der Waals surface area contributed by atoms with E-state index < -0.39 is 0 Å². The lowest BCUT2D eigenvalue weighted by Gasteiger charge is -2.42. The zero-order valence-electron chi connectivity index (χ0n) is 12.0. The highest BCUT2D eigenvalue weighted by Gasteiger charge is 2.34. The first-order chi connectivity index (χ1) is 9.69. The number of carbonyl (C=O) groups excluding carboxylic acids is 1. The number of carbonyl (C=O) groups is 1. The van der Waals surface area contributed by atoms with Crippen LogP contribution in [0.25, 0.3) is 0 Å². The normalized spacial score (nSPS) is 25.9. The van der Waals surface area contributed by atoms with Gasteiger partial charge in [0.2, 0.25) is 5.91 Å². The van der Waals surface area contributed by atoms with Crippen molar-refractivity contribution >= 4 is 17.5 Å². The molecule has 2 atom stereocenters. The van der Waals surface area contributed by atoms with E-state index in [1.54, 1.807) is 6.33 Å². The van der Waals surface area contributed by atoms with Crippen molar-refractivity contribution < 1.29 is 4.79 Å². The summed E-state index contributed by atoms with van der Waals surface area (Å²) >= 11 is 0. The Labute approximate surface area is 119 Å². The first-order valence-electron chi connectivity index (χ1n) is 7.22. The summed E-state index contributed by atoms with van der Waals surface area (Å²) in [5, 5.41) is 6.22. The molecule has 3 heterocycles. The second-order valence-electron chi connectivity index (χ2n) is 5.63. The number of amides is 1. The first-order valence-corrected chi connectivity index (χ1v) is 7.22. The number of hydrogen-bond acceptors (Lipinski definition) is 5. The Balaban J connectivity index is 1.78. The molecule has 2 N–H and O–H groups in total. The summed E-state index contributed by atoms with van der Waals surface area (Å²) in [5.74, 6) is 2.64. The minimum absolute atomic E-state index is 0.204. The minimum atomic E-state index is 0.204. The molecule has 1 aromatic rings. The molecule has 0 saturated carbocycles. The Morgan fingerprint density at radius 2 is 2.25 bits per heavy atom. The standard InChI is InChI=1S/C14H21N5O/c1-9-13(15-2)16-8-17-14(9)19-6-5-11-10(7-19)3-4-12(20)18-11/h8,10-11H,3-7H2,1-2H3,(H,18,20)(H,15,16,17). The maximum Gasteiger partial charge on any atom is 0.220 e. The zero-order chi connectivity index (χ0) is 14.1. The summed E-state index contributed by atoms with van der Waals surface area (Å²) in [6.07, 6.45) is 4.24. The molecule has 1 amide bonds. The van der Waals surface area contributed by atoms with Crippen LogP contribution >= 0.6 is 0 Å². The maximum atomic E-state index is 11.5. The Bertz CT molecular complexity index is 518. The van der Waals surface area contributed by atoms with Crippen molar-refractivity contribution in [3.63, 3.8) is 0 Å². The highest BCUT2D eigenvalue weighted by molar-refractivity contribution is 5.77. The van der Waals surface area contributed by atoms with Crippen LogP contribution in [-0.4, -0.2) is 42.1 Å². The van der Waals surface area contributed by atoms with E-state index in [0.29, 0.717) is 18.4 Å². The van der Waals surface area contributed by atoms with Crippen LogP contribution in [0.1, 0.15) is 24.8 Å². The smallest absolute Gasteiger partial charge is 0.220 e. The molecule has 2 saturated heterocycles. The van der Waals surface area contributed by atoms with E-state index in [2.05, 4.69) is 32.4 Å². The van der Waals surface area contributed by atoms with Crippen LogP contribution in [-0.2, 0) is 4.79 Å². The number of anilines is 2. The third-order valence-electron chi connectivity index (χ3n) is 4.42. The molecule has 0 bridgehead atoms. The van der Waals surface area contributed by atoms with E-state index in [9.17, 15) is 4.79 Å². The molecule has 1 aromatic heterocycles. The molecule has 0 spiro atoms. The summed E-state index contributed by atoms with van der Waals surface area (Å²) in [6.45, 7) is 3.95. The fourth-order valence-corrected chi connectivity index (χ4v) is 3.31. The van der Waals surface area contributed by atoms with Gasteiger partial charge in [0.1, 0.15) is 18.0 Å². The molecule has 3 rings (SSSR count). The van der Waals surface area contributed by atoms with Gasteiger partial charge in [0, 0.05) is 38.2 Å². The summed E-state index contributed by atoms with van der Waals surface area (Å²) in [4.78, 5) is 22.5. The maximum absolute atomic E-state index is 11.5. The molecule has 0 aliphatic carbocycles. The third kappa shape index (κ3) is 2.30. The molecule has 0 aromatic carbocycles. The van der Waals surface area contributed by atoms with Gasteiger partial charge in [0.15, 0.2) is 0 Å². The van der Waals surface area contributed by atoms with Crippen LogP contribution in [0.4, 0.5) is 11.6 Å². The van der Waals surface area contributed by atoms with Gasteiger partial charge >= 0.3 is 0 Å². The van der Waals surface area contributed by atoms with Gasteiger partial charge in [-0.3, -0.25) is 4.79 Å². The van der Waals surface area contributed by atoms with Gasteiger partial charge in [0.05, 0.1) is 0 Å². The van der Waals surface area contributed by atoms with Crippen LogP contribution in [0.2, 0.25) is 0 Å². The summed E-state index contributed by atoms with van der Waals surface area (Å²) in [6, 6.07) is 0.346. The summed E-state index contributed by atoms with van der Waals surface area (Å²) < 4.78 is 0. The highest BCUT2D eigenvalue weighted by Crippen LogP contribution is 2.30. The second-order valence-corrected chi connectivity index (χ2v) is 5.63. The van der Waals surface area contributed by atoms with Gasteiger partial charge in [-0.05, 0) is 25.7 Å². The number of fused-ring (bicyclic) bond motifs is 1. The van der Waals surface area contributed by atoms with Crippen LogP contribution in [0.5, 0.6) is 0 Å². The number of piperidine rings is 2. The van der Waals surface area contributed by atoms with E-state index in [1.807, 2.05) is 7.05 Å². The lowest BCUT2D eigenvalue weighted by Crippen LogP contribution is -2.54. The molecule has 2 aliphatic heterocycles. The number of hydrogen-bond donors (Lipinski definition) is 2. The molecule has 2 unspecified atom stereocenters. The van der Waals surface area contributed by atoms with Crippen molar-refractivity contribution in [1.29, 1.82) is 0 Å². The molecule has 0 radical (unpaired) electrons. The lowest BCUT2D eigenvalue weighted by atomic mass is 9.85. The summed E-state index contributed by atoms with van der Waals surface area (Å²) in [5.41, 5.74) is 1.09. The van der Waals surface area contributed by atoms with Gasteiger partial charge in [0.25, 0.3) is 0 Å². The van der Waals surface area contributed by atoms with E-state index in [-0.39, 0.29) is 5.91 Å². The molecular weight excluding hydrogens is 254 g/mol. The highest BCUT2D eigenvalue weighted by atomic mass is 16.1. The zero-order valence-corrected chi connectivity index (χ0v) is 12.0. The van der Waals surface area contributed by atoms with Crippen LogP contribution in [0, 0.1) is 12.8 Å². The molecule has 108 valence electrons. The molecule has 6 heteroatoms. The van der Waals surface area contributed by atoms with Crippen molar-refractivity contribution in [2.75, 3.05) is 30.4 Å². The monoisotopic (exact) mass is 275 g/mol. The number of rotatable bonds is 2. The largest absolute Gasteiger partial charge is 0.373 e. The number of aromatic nitrogens is 2. The van der Waals surface area contributed by atoms with Gasteiger partial charge in [-0.2, -0.15) is 0 Å². The molecule has 20 heavy (non-hydrogen) atoms. The fraction of sp³-hybridized carbons (Fsp3) is 0.643. The summed E-state index contributed by atoms with van der Waals surface area (Å²) in [7, 11) is 1.88. The van der Waals surface area contributed by atoms with Crippen molar-refractivity contribution in [2.24, 2.45) is 5.92 Å². The Kier molecular flexibility index (Phi) is 3.46. The Hall–Kier alpha value is -1.85. The first kappa shape index (κ1) is 13.1. The predicted molar refractivity (Wildman–Crippen MR) is 77.8 cm³/mol. The SMILES string of the molecule is CNc1ncnc(N2CCC3NC(=O)CCC3C2)c1C. The molecule has 2 fully saturated rings. The lowest BCUT2D eigenvalue weighted by molar-refractivity contribution is -0.124. The van der Waals surface area contributed by atoms with Gasteiger partial charge in [-0.15, -0.1) is 0 Å². The molecule has 2 aliphatic rings. The van der Waals surface area contributed by atoms with E-state index >= 15 is 0 Å². The molecular formula is C14H21N5O. The van der Waals surface area contributed by atoms with E-state index in [0.717, 1.165) is 43.1 Å². The van der Waals surface area contributed by atoms with Crippen LogP contribution in [0.15, 0.2) is 6.33 Å².